The van der Waals surface area contributed by atoms with E-state index >= 15 is 0 Å². The van der Waals surface area contributed by atoms with Gasteiger partial charge in [-0.2, -0.15) is 0 Å². The lowest BCUT2D eigenvalue weighted by molar-refractivity contribution is 0.168. The van der Waals surface area contributed by atoms with Crippen molar-refractivity contribution in [2.45, 2.75) is 25.5 Å². The molecule has 5 nitrogen and oxygen atoms in total. The van der Waals surface area contributed by atoms with E-state index in [-0.39, 0.29) is 18.1 Å². The molecular weight excluding hydrogens is 325 g/mol. The second-order valence-electron chi connectivity index (χ2n) is 5.95. The maximum absolute atomic E-state index is 11.8. The van der Waals surface area contributed by atoms with Gasteiger partial charge in [0.05, 0.1) is 6.10 Å². The number of carbonyl (C=O) groups excluding carboxylic acids is 1. The molecule has 1 atom stereocenters. The van der Waals surface area contributed by atoms with Gasteiger partial charge in [0.25, 0.3) is 0 Å². The maximum atomic E-state index is 11.8. The topological polar surface area (TPSA) is 64.6 Å². The van der Waals surface area contributed by atoms with Crippen molar-refractivity contribution in [3.05, 3.63) is 33.8 Å². The van der Waals surface area contributed by atoms with E-state index in [2.05, 4.69) is 10.6 Å². The molecule has 0 saturated carbocycles. The molecule has 2 amide bonds. The van der Waals surface area contributed by atoms with Crippen molar-refractivity contribution in [1.82, 2.24) is 15.5 Å². The van der Waals surface area contributed by atoms with Gasteiger partial charge in [-0.1, -0.05) is 29.3 Å². The largest absolute Gasteiger partial charge is 0.387 e. The van der Waals surface area contributed by atoms with Gasteiger partial charge in [0, 0.05) is 34.2 Å². The van der Waals surface area contributed by atoms with E-state index in [0.717, 1.165) is 0 Å². The van der Waals surface area contributed by atoms with Crippen LogP contribution < -0.4 is 10.6 Å². The summed E-state index contributed by atoms with van der Waals surface area (Å²) in [6.45, 7) is 4.60. The Morgan fingerprint density at radius 3 is 2.50 bits per heavy atom. The summed E-state index contributed by atoms with van der Waals surface area (Å²) in [5.41, 5.74) is 0.370. The van der Waals surface area contributed by atoms with Gasteiger partial charge in [-0.3, -0.25) is 0 Å². The van der Waals surface area contributed by atoms with Gasteiger partial charge < -0.3 is 20.6 Å². The number of hydrogen-bond acceptors (Lipinski definition) is 3. The number of amides is 2. The average Bonchev–Trinajstić information content (AvgIpc) is 2.42. The monoisotopic (exact) mass is 347 g/mol. The molecule has 0 spiro atoms. The number of halogens is 2. The van der Waals surface area contributed by atoms with Crippen LogP contribution in [0, 0.1) is 0 Å². The molecule has 0 aliphatic rings. The predicted molar refractivity (Wildman–Crippen MR) is 90.6 cm³/mol. The minimum absolute atomic E-state index is 0.0651. The minimum Gasteiger partial charge on any atom is -0.387 e. The van der Waals surface area contributed by atoms with Crippen LogP contribution in [0.25, 0.3) is 0 Å². The first-order valence-electron chi connectivity index (χ1n) is 6.95. The van der Waals surface area contributed by atoms with Crippen molar-refractivity contribution < 1.29 is 9.90 Å². The third-order valence-corrected chi connectivity index (χ3v) is 4.23. The number of hydrogen-bond donors (Lipinski definition) is 3. The fourth-order valence-corrected chi connectivity index (χ4v) is 2.12. The summed E-state index contributed by atoms with van der Waals surface area (Å²) in [6.07, 6.45) is -0.891. The van der Waals surface area contributed by atoms with Crippen LogP contribution in [-0.2, 0) is 0 Å². The maximum Gasteiger partial charge on any atom is 0.314 e. The fraction of sp³-hybridized carbons (Fsp3) is 0.533. The highest BCUT2D eigenvalue weighted by Crippen LogP contribution is 2.25. The summed E-state index contributed by atoms with van der Waals surface area (Å²) < 4.78 is 0. The van der Waals surface area contributed by atoms with Crippen LogP contribution in [0.3, 0.4) is 0 Å². The lowest BCUT2D eigenvalue weighted by Crippen LogP contribution is -2.50. The SMILES string of the molecule is CN(C)C(C)(C)CNC(=O)NCC(O)c1ccc(Cl)cc1Cl. The van der Waals surface area contributed by atoms with E-state index in [9.17, 15) is 9.90 Å². The van der Waals surface area contributed by atoms with Crippen molar-refractivity contribution in [3.63, 3.8) is 0 Å². The van der Waals surface area contributed by atoms with Gasteiger partial charge in [-0.05, 0) is 40.1 Å². The lowest BCUT2D eigenvalue weighted by Gasteiger charge is -2.32. The molecule has 7 heteroatoms. The Labute approximate surface area is 141 Å². The van der Waals surface area contributed by atoms with Crippen molar-refractivity contribution in [2.75, 3.05) is 27.2 Å². The number of likely N-dealkylation sites (N-methyl/N-ethyl adjacent to an activating group) is 1. The van der Waals surface area contributed by atoms with Gasteiger partial charge in [-0.15, -0.1) is 0 Å². The van der Waals surface area contributed by atoms with Crippen LogP contribution in [0.4, 0.5) is 4.79 Å². The zero-order valence-corrected chi connectivity index (χ0v) is 14.8. The zero-order chi connectivity index (χ0) is 16.9. The van der Waals surface area contributed by atoms with E-state index in [1.807, 2.05) is 32.8 Å². The summed E-state index contributed by atoms with van der Waals surface area (Å²) in [4.78, 5) is 13.8. The van der Waals surface area contributed by atoms with Crippen LogP contribution in [-0.4, -0.2) is 48.8 Å². The first kappa shape index (κ1) is 19.0. The summed E-state index contributed by atoms with van der Waals surface area (Å²) >= 11 is 11.8. The minimum atomic E-state index is -0.891. The summed E-state index contributed by atoms with van der Waals surface area (Å²) in [5, 5.41) is 16.4. The van der Waals surface area contributed by atoms with Crippen molar-refractivity contribution >= 4 is 29.2 Å². The number of rotatable bonds is 6. The summed E-state index contributed by atoms with van der Waals surface area (Å²) in [6, 6.07) is 4.51. The van der Waals surface area contributed by atoms with Crippen LogP contribution >= 0.6 is 23.2 Å². The molecule has 22 heavy (non-hydrogen) atoms. The van der Waals surface area contributed by atoms with Gasteiger partial charge in [0.2, 0.25) is 0 Å². The summed E-state index contributed by atoms with van der Waals surface area (Å²) in [5.74, 6) is 0. The number of nitrogens with zero attached hydrogens (tertiary/aromatic N) is 1. The Morgan fingerprint density at radius 2 is 1.95 bits per heavy atom. The number of benzene rings is 1. The fourth-order valence-electron chi connectivity index (χ4n) is 1.59. The van der Waals surface area contributed by atoms with E-state index in [1.54, 1.807) is 18.2 Å². The van der Waals surface area contributed by atoms with Crippen molar-refractivity contribution in [2.24, 2.45) is 0 Å². The third kappa shape index (κ3) is 5.65. The second-order valence-corrected chi connectivity index (χ2v) is 6.80. The Morgan fingerprint density at radius 1 is 1.32 bits per heavy atom. The molecular formula is C15H23Cl2N3O2. The molecule has 0 heterocycles. The number of aliphatic hydroxyl groups excluding tert-OH is 1. The quantitative estimate of drug-likeness (QED) is 0.741. The smallest absolute Gasteiger partial charge is 0.314 e. The Kier molecular flexibility index (Phi) is 6.94. The second kappa shape index (κ2) is 8.02. The first-order chi connectivity index (χ1) is 10.1. The average molecular weight is 348 g/mol. The number of aliphatic hydroxyl groups is 1. The molecule has 0 bridgehead atoms. The third-order valence-electron chi connectivity index (χ3n) is 3.67. The van der Waals surface area contributed by atoms with Crippen LogP contribution in [0.1, 0.15) is 25.5 Å². The van der Waals surface area contributed by atoms with E-state index in [4.69, 9.17) is 23.2 Å². The highest BCUT2D eigenvalue weighted by Gasteiger charge is 2.21. The normalized spacial score (nSPS) is 13.1. The van der Waals surface area contributed by atoms with Crippen LogP contribution in [0.15, 0.2) is 18.2 Å². The molecule has 0 radical (unpaired) electrons. The first-order valence-corrected chi connectivity index (χ1v) is 7.71. The zero-order valence-electron chi connectivity index (χ0n) is 13.3. The summed E-state index contributed by atoms with van der Waals surface area (Å²) in [7, 11) is 3.90. The molecule has 0 aliphatic carbocycles. The molecule has 0 aliphatic heterocycles. The van der Waals surface area contributed by atoms with Crippen LogP contribution in [0.2, 0.25) is 10.0 Å². The van der Waals surface area contributed by atoms with Crippen molar-refractivity contribution in [1.29, 1.82) is 0 Å². The highest BCUT2D eigenvalue weighted by atomic mass is 35.5. The molecule has 1 aromatic carbocycles. The van der Waals surface area contributed by atoms with Gasteiger partial charge in [0.15, 0.2) is 0 Å². The Balaban J connectivity index is 2.47. The van der Waals surface area contributed by atoms with E-state index < -0.39 is 6.10 Å². The van der Waals surface area contributed by atoms with Crippen molar-refractivity contribution in [3.8, 4) is 0 Å². The Bertz CT molecular complexity index is 522. The van der Waals surface area contributed by atoms with E-state index in [0.29, 0.717) is 22.2 Å². The predicted octanol–water partition coefficient (Wildman–Crippen LogP) is 2.67. The molecule has 0 aromatic heterocycles. The molecule has 0 fully saturated rings. The lowest BCUT2D eigenvalue weighted by atomic mass is 10.0. The molecule has 1 aromatic rings. The van der Waals surface area contributed by atoms with Gasteiger partial charge in [0.1, 0.15) is 0 Å². The van der Waals surface area contributed by atoms with Crippen LogP contribution in [0.5, 0.6) is 0 Å². The molecule has 1 unspecified atom stereocenters. The number of nitrogens with one attached hydrogen (secondary N) is 2. The highest BCUT2D eigenvalue weighted by molar-refractivity contribution is 6.35. The standard InChI is InChI=1S/C15H23Cl2N3O2/c1-15(2,20(3)4)9-19-14(22)18-8-13(21)11-6-5-10(16)7-12(11)17/h5-7,13,21H,8-9H2,1-4H3,(H2,18,19,22). The van der Waals surface area contributed by atoms with Gasteiger partial charge >= 0.3 is 6.03 Å². The molecule has 1 rings (SSSR count). The van der Waals surface area contributed by atoms with E-state index in [1.165, 1.54) is 0 Å². The Hall–Kier alpha value is -1.01. The number of carbonyl (C=O) groups is 1. The van der Waals surface area contributed by atoms with Gasteiger partial charge in [-0.25, -0.2) is 4.79 Å². The molecule has 124 valence electrons. The number of urea groups is 1. The molecule has 0 saturated heterocycles. The molecule has 3 N–H and O–H groups in total.